The highest BCUT2D eigenvalue weighted by Gasteiger charge is 2.45. The Bertz CT molecular complexity index is 1120. The van der Waals surface area contributed by atoms with E-state index >= 15 is 0 Å². The molecule has 2 aliphatic rings. The number of amides is 1. The number of aromatic nitrogens is 3. The van der Waals surface area contributed by atoms with Crippen LogP contribution in [0.15, 0.2) is 48.7 Å². The standard InChI is InChI=1S/C24H24FN5O/c1-15-12-16(2)28-24(27-15)30-13-17-9-11-29(14-21(17)30)23(31)18-6-5-7-19(25)22(18)20-8-3-4-10-26-20/h3-8,10,12,17,21H,9,11,13-14H2,1-2H3. The van der Waals surface area contributed by atoms with Crippen LogP contribution in [0.1, 0.15) is 28.2 Å². The molecule has 1 aromatic carbocycles. The summed E-state index contributed by atoms with van der Waals surface area (Å²) in [5, 5.41) is 0. The van der Waals surface area contributed by atoms with Crippen LogP contribution < -0.4 is 4.90 Å². The van der Waals surface area contributed by atoms with Gasteiger partial charge in [0.2, 0.25) is 5.95 Å². The van der Waals surface area contributed by atoms with Crippen molar-refractivity contribution in [3.8, 4) is 11.3 Å². The van der Waals surface area contributed by atoms with Gasteiger partial charge in [0.1, 0.15) is 5.82 Å². The van der Waals surface area contributed by atoms with Gasteiger partial charge >= 0.3 is 0 Å². The van der Waals surface area contributed by atoms with Gasteiger partial charge in [-0.2, -0.15) is 0 Å². The highest BCUT2D eigenvalue weighted by molar-refractivity contribution is 6.00. The fourth-order valence-corrected chi connectivity index (χ4v) is 4.69. The van der Waals surface area contributed by atoms with Crippen molar-refractivity contribution in [2.45, 2.75) is 26.3 Å². The Kier molecular flexibility index (Phi) is 4.88. The van der Waals surface area contributed by atoms with E-state index < -0.39 is 5.82 Å². The highest BCUT2D eigenvalue weighted by atomic mass is 19.1. The molecule has 0 bridgehead atoms. The molecule has 2 fully saturated rings. The lowest BCUT2D eigenvalue weighted by atomic mass is 9.82. The predicted molar refractivity (Wildman–Crippen MR) is 116 cm³/mol. The van der Waals surface area contributed by atoms with E-state index in [0.29, 0.717) is 30.3 Å². The first-order valence-electron chi connectivity index (χ1n) is 10.6. The largest absolute Gasteiger partial charge is 0.337 e. The molecule has 2 aliphatic heterocycles. The fourth-order valence-electron chi connectivity index (χ4n) is 4.69. The molecule has 0 saturated carbocycles. The lowest BCUT2D eigenvalue weighted by molar-refractivity contribution is 0.0589. The predicted octanol–water partition coefficient (Wildman–Crippen LogP) is 3.65. The van der Waals surface area contributed by atoms with Crippen LogP contribution in [0.25, 0.3) is 11.3 Å². The van der Waals surface area contributed by atoms with Crippen molar-refractivity contribution >= 4 is 11.9 Å². The quantitative estimate of drug-likeness (QED) is 0.651. The van der Waals surface area contributed by atoms with Crippen LogP contribution in [-0.2, 0) is 0 Å². The Morgan fingerprint density at radius 3 is 2.61 bits per heavy atom. The second-order valence-electron chi connectivity index (χ2n) is 8.35. The van der Waals surface area contributed by atoms with Gasteiger partial charge < -0.3 is 9.80 Å². The molecule has 4 heterocycles. The molecule has 0 spiro atoms. The van der Waals surface area contributed by atoms with E-state index in [1.54, 1.807) is 36.5 Å². The average molecular weight is 417 g/mol. The van der Waals surface area contributed by atoms with E-state index in [4.69, 9.17) is 0 Å². The van der Waals surface area contributed by atoms with Gasteiger partial charge in [-0.05, 0) is 50.6 Å². The van der Waals surface area contributed by atoms with E-state index in [-0.39, 0.29) is 17.5 Å². The second-order valence-corrected chi connectivity index (χ2v) is 8.35. The lowest BCUT2D eigenvalue weighted by Gasteiger charge is -2.53. The van der Waals surface area contributed by atoms with E-state index in [1.165, 1.54) is 6.07 Å². The number of aryl methyl sites for hydroxylation is 2. The zero-order valence-electron chi connectivity index (χ0n) is 17.6. The number of piperidine rings is 1. The molecule has 31 heavy (non-hydrogen) atoms. The molecule has 2 saturated heterocycles. The molecule has 0 N–H and O–H groups in total. The summed E-state index contributed by atoms with van der Waals surface area (Å²) < 4.78 is 14.7. The monoisotopic (exact) mass is 417 g/mol. The van der Waals surface area contributed by atoms with Gasteiger partial charge in [0.25, 0.3) is 5.91 Å². The van der Waals surface area contributed by atoms with Crippen LogP contribution in [0.5, 0.6) is 0 Å². The molecule has 6 nitrogen and oxygen atoms in total. The van der Waals surface area contributed by atoms with Crippen molar-refractivity contribution < 1.29 is 9.18 Å². The number of benzene rings is 1. The smallest absolute Gasteiger partial charge is 0.254 e. The summed E-state index contributed by atoms with van der Waals surface area (Å²) in [7, 11) is 0. The molecule has 0 radical (unpaired) electrons. The van der Waals surface area contributed by atoms with Crippen LogP contribution in [-0.4, -0.2) is 51.4 Å². The molecule has 5 rings (SSSR count). The minimum atomic E-state index is -0.437. The third-order valence-corrected chi connectivity index (χ3v) is 6.23. The molecule has 1 amide bonds. The lowest BCUT2D eigenvalue weighted by Crippen LogP contribution is -2.65. The van der Waals surface area contributed by atoms with Gasteiger partial charge in [0, 0.05) is 48.7 Å². The van der Waals surface area contributed by atoms with Crippen molar-refractivity contribution in [1.82, 2.24) is 19.9 Å². The fraction of sp³-hybridized carbons (Fsp3) is 0.333. The summed E-state index contributed by atoms with van der Waals surface area (Å²) in [5.74, 6) is 0.657. The molecule has 2 atom stereocenters. The van der Waals surface area contributed by atoms with Crippen LogP contribution in [0, 0.1) is 25.6 Å². The van der Waals surface area contributed by atoms with E-state index in [0.717, 1.165) is 30.3 Å². The maximum absolute atomic E-state index is 14.7. The van der Waals surface area contributed by atoms with Crippen LogP contribution in [0.4, 0.5) is 10.3 Å². The Morgan fingerprint density at radius 1 is 1.06 bits per heavy atom. The number of hydrogen-bond donors (Lipinski definition) is 0. The van der Waals surface area contributed by atoms with Crippen molar-refractivity contribution in [2.24, 2.45) is 5.92 Å². The summed E-state index contributed by atoms with van der Waals surface area (Å²) in [6.07, 6.45) is 2.53. The minimum absolute atomic E-state index is 0.160. The van der Waals surface area contributed by atoms with E-state index in [2.05, 4.69) is 19.9 Å². The topological polar surface area (TPSA) is 62.2 Å². The number of anilines is 1. The molecule has 0 aliphatic carbocycles. The maximum atomic E-state index is 14.7. The van der Waals surface area contributed by atoms with Gasteiger partial charge in [-0.25, -0.2) is 14.4 Å². The Hall–Kier alpha value is -3.35. The number of carbonyl (C=O) groups excluding carboxylic acids is 1. The number of nitrogens with zero attached hydrogens (tertiary/aromatic N) is 5. The SMILES string of the molecule is Cc1cc(C)nc(N2CC3CCN(C(=O)c4cccc(F)c4-c4ccccn4)CC32)n1. The highest BCUT2D eigenvalue weighted by Crippen LogP contribution is 2.36. The first-order valence-corrected chi connectivity index (χ1v) is 10.6. The first kappa shape index (κ1) is 19.6. The summed E-state index contributed by atoms with van der Waals surface area (Å²) in [6.45, 7) is 6.09. The normalized spacial score (nSPS) is 20.2. The zero-order chi connectivity index (χ0) is 21.5. The summed E-state index contributed by atoms with van der Waals surface area (Å²) in [4.78, 5) is 30.9. The number of rotatable bonds is 3. The molecule has 3 aromatic rings. The number of likely N-dealkylation sites (tertiary alicyclic amines) is 1. The average Bonchev–Trinajstić information content (AvgIpc) is 2.74. The third kappa shape index (κ3) is 3.54. The van der Waals surface area contributed by atoms with Crippen molar-refractivity contribution in [3.05, 3.63) is 71.4 Å². The molecule has 2 aromatic heterocycles. The first-order chi connectivity index (χ1) is 15.0. The van der Waals surface area contributed by atoms with Crippen LogP contribution in [0.3, 0.4) is 0 Å². The summed E-state index contributed by atoms with van der Waals surface area (Å²) in [5.41, 5.74) is 2.96. The molecular weight excluding hydrogens is 393 g/mol. The van der Waals surface area contributed by atoms with E-state index in [9.17, 15) is 9.18 Å². The van der Waals surface area contributed by atoms with Gasteiger partial charge in [-0.15, -0.1) is 0 Å². The van der Waals surface area contributed by atoms with Crippen molar-refractivity contribution in [3.63, 3.8) is 0 Å². The van der Waals surface area contributed by atoms with Crippen molar-refractivity contribution in [1.29, 1.82) is 0 Å². The van der Waals surface area contributed by atoms with Crippen molar-refractivity contribution in [2.75, 3.05) is 24.5 Å². The van der Waals surface area contributed by atoms with Gasteiger partial charge in [-0.1, -0.05) is 12.1 Å². The Labute approximate surface area is 180 Å². The number of carbonyl (C=O) groups is 1. The number of hydrogen-bond acceptors (Lipinski definition) is 5. The molecule has 2 unspecified atom stereocenters. The van der Waals surface area contributed by atoms with Crippen LogP contribution >= 0.6 is 0 Å². The molecular formula is C24H24FN5O. The summed E-state index contributed by atoms with van der Waals surface area (Å²) in [6, 6.07) is 12.1. The summed E-state index contributed by atoms with van der Waals surface area (Å²) >= 11 is 0. The minimum Gasteiger partial charge on any atom is -0.337 e. The molecule has 7 heteroatoms. The van der Waals surface area contributed by atoms with E-state index in [1.807, 2.05) is 24.8 Å². The molecule has 158 valence electrons. The van der Waals surface area contributed by atoms with Gasteiger partial charge in [0.05, 0.1) is 17.3 Å². The third-order valence-electron chi connectivity index (χ3n) is 6.23. The van der Waals surface area contributed by atoms with Crippen LogP contribution in [0.2, 0.25) is 0 Å². The Balaban J connectivity index is 1.41. The second kappa shape index (κ2) is 7.72. The maximum Gasteiger partial charge on any atom is 0.254 e. The van der Waals surface area contributed by atoms with Gasteiger partial charge in [0.15, 0.2) is 0 Å². The number of pyridine rings is 1. The van der Waals surface area contributed by atoms with Gasteiger partial charge in [-0.3, -0.25) is 9.78 Å². The number of fused-ring (bicyclic) bond motifs is 1. The number of halogens is 1. The zero-order valence-corrected chi connectivity index (χ0v) is 17.6. The Morgan fingerprint density at radius 2 is 1.87 bits per heavy atom.